The van der Waals surface area contributed by atoms with E-state index in [-0.39, 0.29) is 22.7 Å². The van der Waals surface area contributed by atoms with E-state index in [9.17, 15) is 17.6 Å². The maximum Gasteiger partial charge on any atom is 0.307 e. The van der Waals surface area contributed by atoms with E-state index in [1.54, 1.807) is 0 Å². The molecule has 1 aliphatic rings. The first-order valence-corrected chi connectivity index (χ1v) is 9.24. The lowest BCUT2D eigenvalue weighted by atomic mass is 9.92. The van der Waals surface area contributed by atoms with Gasteiger partial charge in [-0.1, -0.05) is 13.0 Å². The van der Waals surface area contributed by atoms with E-state index < -0.39 is 27.7 Å². The third-order valence-corrected chi connectivity index (χ3v) is 6.13. The Kier molecular flexibility index (Phi) is 5.24. The molecule has 122 valence electrons. The highest BCUT2D eigenvalue weighted by molar-refractivity contribution is 9.10. The van der Waals surface area contributed by atoms with Gasteiger partial charge in [-0.15, -0.1) is 0 Å². The zero-order valence-corrected chi connectivity index (χ0v) is 14.4. The van der Waals surface area contributed by atoms with Crippen LogP contribution in [0.15, 0.2) is 22.7 Å². The number of hydrogen-bond donors (Lipinski definition) is 1. The summed E-state index contributed by atoms with van der Waals surface area (Å²) in [6, 6.07) is 4.16. The van der Waals surface area contributed by atoms with E-state index in [1.165, 1.54) is 22.5 Å². The van der Waals surface area contributed by atoms with Gasteiger partial charge in [0.25, 0.3) is 0 Å². The Morgan fingerprint density at radius 2 is 2.14 bits per heavy atom. The number of hydrogen-bond acceptors (Lipinski definition) is 3. The smallest absolute Gasteiger partial charge is 0.307 e. The molecule has 0 aliphatic carbocycles. The van der Waals surface area contributed by atoms with Crippen LogP contribution >= 0.6 is 15.9 Å². The first-order chi connectivity index (χ1) is 10.2. The number of carbonyl (C=O) groups is 1. The predicted octanol–water partition coefficient (Wildman–Crippen LogP) is 2.46. The zero-order chi connectivity index (χ0) is 16.5. The van der Waals surface area contributed by atoms with Gasteiger partial charge in [-0.2, -0.15) is 0 Å². The van der Waals surface area contributed by atoms with E-state index in [4.69, 9.17) is 5.11 Å². The number of benzene rings is 1. The van der Waals surface area contributed by atoms with Crippen molar-refractivity contribution in [1.82, 2.24) is 4.31 Å². The molecular weight excluding hydrogens is 377 g/mol. The van der Waals surface area contributed by atoms with E-state index in [1.807, 2.05) is 6.92 Å². The van der Waals surface area contributed by atoms with Crippen molar-refractivity contribution in [1.29, 1.82) is 0 Å². The van der Waals surface area contributed by atoms with Crippen molar-refractivity contribution in [2.24, 2.45) is 11.8 Å². The highest BCUT2D eigenvalue weighted by atomic mass is 79.9. The van der Waals surface area contributed by atoms with Crippen LogP contribution in [0.1, 0.15) is 18.9 Å². The first-order valence-electron chi connectivity index (χ1n) is 6.83. The van der Waals surface area contributed by atoms with Gasteiger partial charge in [-0.25, -0.2) is 17.1 Å². The lowest BCUT2D eigenvalue weighted by molar-refractivity contribution is -0.143. The van der Waals surface area contributed by atoms with Crippen LogP contribution in [0.2, 0.25) is 0 Å². The summed E-state index contributed by atoms with van der Waals surface area (Å²) in [5, 5.41) is 9.12. The second kappa shape index (κ2) is 6.64. The second-order valence-electron chi connectivity index (χ2n) is 5.70. The van der Waals surface area contributed by atoms with Crippen molar-refractivity contribution >= 4 is 31.9 Å². The molecule has 0 bridgehead atoms. The molecule has 2 rings (SSSR count). The molecule has 22 heavy (non-hydrogen) atoms. The lowest BCUT2D eigenvalue weighted by Crippen LogP contribution is -2.45. The fourth-order valence-corrected chi connectivity index (χ4v) is 4.56. The van der Waals surface area contributed by atoms with Crippen LogP contribution in [0.4, 0.5) is 4.39 Å². The number of carboxylic acids is 1. The fraction of sp³-hybridized carbons (Fsp3) is 0.500. The Balaban J connectivity index is 2.18. The van der Waals surface area contributed by atoms with E-state index in [2.05, 4.69) is 15.9 Å². The monoisotopic (exact) mass is 393 g/mol. The number of rotatable bonds is 4. The van der Waals surface area contributed by atoms with Gasteiger partial charge in [-0.3, -0.25) is 4.79 Å². The van der Waals surface area contributed by atoms with Crippen molar-refractivity contribution in [3.63, 3.8) is 0 Å². The predicted molar refractivity (Wildman–Crippen MR) is 83.2 cm³/mol. The number of piperidine rings is 1. The van der Waals surface area contributed by atoms with Crippen molar-refractivity contribution in [2.75, 3.05) is 13.1 Å². The van der Waals surface area contributed by atoms with Gasteiger partial charge in [0.15, 0.2) is 0 Å². The van der Waals surface area contributed by atoms with Gasteiger partial charge in [0, 0.05) is 13.1 Å². The molecule has 1 heterocycles. The summed E-state index contributed by atoms with van der Waals surface area (Å²) in [5.41, 5.74) is 0.339. The maximum atomic E-state index is 13.5. The molecule has 0 saturated carbocycles. The quantitative estimate of drug-likeness (QED) is 0.852. The van der Waals surface area contributed by atoms with Crippen LogP contribution in [0, 0.1) is 17.7 Å². The second-order valence-corrected chi connectivity index (χ2v) is 8.52. The zero-order valence-electron chi connectivity index (χ0n) is 12.0. The average Bonchev–Trinajstić information content (AvgIpc) is 2.42. The van der Waals surface area contributed by atoms with E-state index in [0.29, 0.717) is 18.5 Å². The summed E-state index contributed by atoms with van der Waals surface area (Å²) in [4.78, 5) is 11.1. The van der Waals surface area contributed by atoms with Gasteiger partial charge < -0.3 is 5.11 Å². The third kappa shape index (κ3) is 4.05. The van der Waals surface area contributed by atoms with E-state index >= 15 is 0 Å². The highest BCUT2D eigenvalue weighted by Crippen LogP contribution is 2.26. The Morgan fingerprint density at radius 3 is 2.73 bits per heavy atom. The Labute approximate surface area is 137 Å². The number of sulfonamides is 1. The molecule has 1 aliphatic heterocycles. The van der Waals surface area contributed by atoms with Crippen molar-refractivity contribution in [3.8, 4) is 0 Å². The summed E-state index contributed by atoms with van der Waals surface area (Å²) >= 11 is 3.02. The molecule has 2 unspecified atom stereocenters. The molecule has 0 spiro atoms. The highest BCUT2D eigenvalue weighted by Gasteiger charge is 2.35. The van der Waals surface area contributed by atoms with Crippen LogP contribution in [0.3, 0.4) is 0 Å². The normalized spacial score (nSPS) is 23.4. The number of carboxylic acid groups (broad SMARTS) is 1. The largest absolute Gasteiger partial charge is 0.481 e. The standard InChI is InChI=1S/C14H17BrFNO4S/c1-9-4-11(14(18)19)7-17(6-9)22(20,21)8-10-2-3-12(15)13(16)5-10/h2-3,5,9,11H,4,6-8H2,1H3,(H,18,19). The molecule has 1 saturated heterocycles. The molecule has 0 amide bonds. The lowest BCUT2D eigenvalue weighted by Gasteiger charge is -2.33. The van der Waals surface area contributed by atoms with E-state index in [0.717, 1.165) is 0 Å². The SMILES string of the molecule is CC1CC(C(=O)O)CN(S(=O)(=O)Cc2ccc(Br)c(F)c2)C1. The average molecular weight is 394 g/mol. The number of nitrogens with zero attached hydrogens (tertiary/aromatic N) is 1. The molecule has 1 fully saturated rings. The summed E-state index contributed by atoms with van der Waals surface area (Å²) in [5.74, 6) is -2.56. The molecule has 0 aromatic heterocycles. The van der Waals surface area contributed by atoms with Crippen LogP contribution in [-0.4, -0.2) is 36.9 Å². The third-order valence-electron chi connectivity index (χ3n) is 3.70. The van der Waals surface area contributed by atoms with Gasteiger partial charge in [0.1, 0.15) is 5.82 Å². The van der Waals surface area contributed by atoms with Crippen LogP contribution in [-0.2, 0) is 20.6 Å². The summed E-state index contributed by atoms with van der Waals surface area (Å²) in [6.07, 6.45) is 0.467. The molecule has 1 aromatic rings. The minimum Gasteiger partial charge on any atom is -0.481 e. The summed E-state index contributed by atoms with van der Waals surface area (Å²) < 4.78 is 39.9. The van der Waals surface area contributed by atoms with Crippen LogP contribution < -0.4 is 0 Å². The maximum absolute atomic E-state index is 13.5. The Hall–Kier alpha value is -0.990. The minimum absolute atomic E-state index is 0.0220. The Bertz CT molecular complexity index is 679. The molecule has 5 nitrogen and oxygen atoms in total. The van der Waals surface area contributed by atoms with Crippen molar-refractivity contribution in [3.05, 3.63) is 34.1 Å². The van der Waals surface area contributed by atoms with Crippen molar-refractivity contribution < 1.29 is 22.7 Å². The van der Waals surface area contributed by atoms with Crippen LogP contribution in [0.25, 0.3) is 0 Å². The molecule has 2 atom stereocenters. The topological polar surface area (TPSA) is 74.7 Å². The summed E-state index contributed by atoms with van der Waals surface area (Å²) in [6.45, 7) is 2.10. The van der Waals surface area contributed by atoms with Crippen molar-refractivity contribution in [2.45, 2.75) is 19.1 Å². The van der Waals surface area contributed by atoms with Gasteiger partial charge in [0.2, 0.25) is 10.0 Å². The number of halogens is 2. The molecule has 8 heteroatoms. The molecule has 0 radical (unpaired) electrons. The van der Waals surface area contributed by atoms with Gasteiger partial charge >= 0.3 is 5.97 Å². The van der Waals surface area contributed by atoms with Gasteiger partial charge in [-0.05, 0) is 46.0 Å². The Morgan fingerprint density at radius 1 is 1.45 bits per heavy atom. The molecule has 1 aromatic carbocycles. The minimum atomic E-state index is -3.68. The fourth-order valence-electron chi connectivity index (χ4n) is 2.64. The number of aliphatic carboxylic acids is 1. The first kappa shape index (κ1) is 17.4. The molecule has 1 N–H and O–H groups in total. The molecular formula is C14H17BrFNO4S. The summed E-state index contributed by atoms with van der Waals surface area (Å²) in [7, 11) is -3.68. The van der Waals surface area contributed by atoms with Crippen LogP contribution in [0.5, 0.6) is 0 Å². The van der Waals surface area contributed by atoms with Gasteiger partial charge in [0.05, 0.1) is 16.1 Å².